The fourth-order valence-electron chi connectivity index (χ4n) is 1.46. The first-order valence-electron chi connectivity index (χ1n) is 4.87. The summed E-state index contributed by atoms with van der Waals surface area (Å²) in [5, 5.41) is 8.80. The van der Waals surface area contributed by atoms with Crippen molar-refractivity contribution in [2.45, 2.75) is 25.9 Å². The van der Waals surface area contributed by atoms with E-state index in [2.05, 4.69) is 0 Å². The molecule has 0 spiro atoms. The van der Waals surface area contributed by atoms with Gasteiger partial charge < -0.3 is 9.84 Å². The number of cyclic esters (lactones) is 1. The lowest BCUT2D eigenvalue weighted by Crippen LogP contribution is -2.10. The Balaban J connectivity index is 2.35. The number of rotatable bonds is 4. The van der Waals surface area contributed by atoms with E-state index < -0.39 is 0 Å². The third kappa shape index (κ3) is 3.00. The number of aliphatic hydroxyl groups is 1. The highest BCUT2D eigenvalue weighted by molar-refractivity contribution is 5.74. The number of hydrogen-bond donors (Lipinski definition) is 1. The third-order valence-corrected chi connectivity index (χ3v) is 2.23. The van der Waals surface area contributed by atoms with Gasteiger partial charge in [-0.3, -0.25) is 4.79 Å². The molecule has 0 saturated carbocycles. The van der Waals surface area contributed by atoms with Crippen LogP contribution in [0.15, 0.2) is 24.3 Å². The van der Waals surface area contributed by atoms with Gasteiger partial charge in [-0.25, -0.2) is 0 Å². The molecule has 0 aromatic carbocycles. The van der Waals surface area contributed by atoms with Crippen molar-refractivity contribution in [1.82, 2.24) is 0 Å². The number of hydrogen-bond acceptors (Lipinski definition) is 3. The molecule has 0 aromatic rings. The molecule has 0 bridgehead atoms. The van der Waals surface area contributed by atoms with Crippen molar-refractivity contribution in [3.05, 3.63) is 24.3 Å². The second-order valence-corrected chi connectivity index (χ2v) is 3.36. The normalized spacial score (nSPS) is 27.7. The molecular weight excluding hydrogens is 180 g/mol. The van der Waals surface area contributed by atoms with Crippen LogP contribution in [-0.2, 0) is 9.53 Å². The van der Waals surface area contributed by atoms with Gasteiger partial charge in [0.25, 0.3) is 0 Å². The van der Waals surface area contributed by atoms with Crippen molar-refractivity contribution in [3.63, 3.8) is 0 Å². The van der Waals surface area contributed by atoms with Crippen LogP contribution in [0.5, 0.6) is 0 Å². The van der Waals surface area contributed by atoms with Crippen LogP contribution in [0.1, 0.15) is 19.8 Å². The van der Waals surface area contributed by atoms with E-state index in [1.807, 2.05) is 31.2 Å². The van der Waals surface area contributed by atoms with Gasteiger partial charge >= 0.3 is 5.97 Å². The predicted octanol–water partition coefficient (Wildman–Crippen LogP) is 1.43. The highest BCUT2D eigenvalue weighted by atomic mass is 16.6. The van der Waals surface area contributed by atoms with Crippen LogP contribution in [0.4, 0.5) is 0 Å². The Morgan fingerprint density at radius 2 is 2.36 bits per heavy atom. The number of carbonyl (C=O) groups is 1. The van der Waals surface area contributed by atoms with Crippen molar-refractivity contribution in [2.75, 3.05) is 6.61 Å². The molecule has 1 aliphatic heterocycles. The van der Waals surface area contributed by atoms with Gasteiger partial charge in [0, 0.05) is 6.42 Å². The Hall–Kier alpha value is -1.09. The monoisotopic (exact) mass is 196 g/mol. The minimum Gasteiger partial charge on any atom is -0.460 e. The standard InChI is InChI=1S/C11H16O3/c1-2-3-4-5-6-9-7-10(8-12)14-11(9)13/h2-5,9-10,12H,6-8H2,1H3/t9-,10-/m0/s1. The van der Waals surface area contributed by atoms with Crippen LogP contribution in [-0.4, -0.2) is 23.8 Å². The van der Waals surface area contributed by atoms with E-state index in [0.717, 1.165) is 0 Å². The first-order chi connectivity index (χ1) is 6.77. The maximum absolute atomic E-state index is 11.2. The van der Waals surface area contributed by atoms with E-state index in [4.69, 9.17) is 9.84 Å². The van der Waals surface area contributed by atoms with E-state index in [0.29, 0.717) is 12.8 Å². The average molecular weight is 196 g/mol. The molecule has 1 N–H and O–H groups in total. The zero-order valence-corrected chi connectivity index (χ0v) is 8.35. The Morgan fingerprint density at radius 3 is 2.93 bits per heavy atom. The highest BCUT2D eigenvalue weighted by Crippen LogP contribution is 2.23. The first-order valence-corrected chi connectivity index (χ1v) is 4.87. The van der Waals surface area contributed by atoms with Gasteiger partial charge in [0.05, 0.1) is 12.5 Å². The molecule has 1 heterocycles. The van der Waals surface area contributed by atoms with Crippen LogP contribution >= 0.6 is 0 Å². The molecule has 78 valence electrons. The lowest BCUT2D eigenvalue weighted by Gasteiger charge is -2.01. The third-order valence-electron chi connectivity index (χ3n) is 2.23. The Labute approximate surface area is 84.1 Å². The molecule has 1 fully saturated rings. The zero-order chi connectivity index (χ0) is 10.4. The maximum Gasteiger partial charge on any atom is 0.309 e. The lowest BCUT2D eigenvalue weighted by atomic mass is 10.0. The van der Waals surface area contributed by atoms with Gasteiger partial charge in [-0.05, 0) is 13.3 Å². The molecule has 14 heavy (non-hydrogen) atoms. The summed E-state index contributed by atoms with van der Waals surface area (Å²) in [5.74, 6) is -0.261. The van der Waals surface area contributed by atoms with E-state index in [-0.39, 0.29) is 24.6 Å². The second-order valence-electron chi connectivity index (χ2n) is 3.36. The average Bonchev–Trinajstić information content (AvgIpc) is 2.54. The molecule has 3 nitrogen and oxygen atoms in total. The minimum absolute atomic E-state index is 0.0686. The quantitative estimate of drug-likeness (QED) is 0.546. The van der Waals surface area contributed by atoms with Crippen LogP contribution in [0.25, 0.3) is 0 Å². The zero-order valence-electron chi connectivity index (χ0n) is 8.35. The van der Waals surface area contributed by atoms with Gasteiger partial charge in [0.2, 0.25) is 0 Å². The van der Waals surface area contributed by atoms with Gasteiger partial charge in [-0.1, -0.05) is 24.3 Å². The van der Waals surface area contributed by atoms with Gasteiger partial charge in [-0.2, -0.15) is 0 Å². The van der Waals surface area contributed by atoms with E-state index in [1.54, 1.807) is 0 Å². The fourth-order valence-corrected chi connectivity index (χ4v) is 1.46. The van der Waals surface area contributed by atoms with Crippen molar-refractivity contribution in [1.29, 1.82) is 0 Å². The molecule has 0 aliphatic carbocycles. The molecule has 0 amide bonds. The molecule has 0 unspecified atom stereocenters. The number of esters is 1. The van der Waals surface area contributed by atoms with Crippen LogP contribution < -0.4 is 0 Å². The number of ether oxygens (including phenoxy) is 1. The summed E-state index contributed by atoms with van der Waals surface area (Å²) >= 11 is 0. The van der Waals surface area contributed by atoms with Crippen molar-refractivity contribution >= 4 is 5.97 Å². The number of carbonyl (C=O) groups excluding carboxylic acids is 1. The minimum atomic E-state index is -0.289. The maximum atomic E-state index is 11.2. The summed E-state index contributed by atoms with van der Waals surface area (Å²) in [6.07, 6.45) is 8.76. The van der Waals surface area contributed by atoms with E-state index >= 15 is 0 Å². The molecule has 2 atom stereocenters. The predicted molar refractivity (Wildman–Crippen MR) is 53.6 cm³/mol. The molecular formula is C11H16O3. The molecule has 3 heteroatoms. The highest BCUT2D eigenvalue weighted by Gasteiger charge is 2.32. The first kappa shape index (κ1) is 11.0. The number of aliphatic hydroxyl groups excluding tert-OH is 1. The summed E-state index contributed by atoms with van der Waals surface area (Å²) < 4.78 is 4.94. The molecule has 1 rings (SSSR count). The summed E-state index contributed by atoms with van der Waals surface area (Å²) in [7, 11) is 0. The number of allylic oxidation sites excluding steroid dienone is 4. The SMILES string of the molecule is CC=CC=CC[C@H]1C[C@@H](CO)OC1=O. The summed E-state index contributed by atoms with van der Waals surface area (Å²) in [5.41, 5.74) is 0. The summed E-state index contributed by atoms with van der Waals surface area (Å²) in [6, 6.07) is 0. The van der Waals surface area contributed by atoms with Gasteiger partial charge in [-0.15, -0.1) is 0 Å². The topological polar surface area (TPSA) is 46.5 Å². The van der Waals surface area contributed by atoms with Gasteiger partial charge in [0.1, 0.15) is 6.10 Å². The molecule has 1 saturated heterocycles. The van der Waals surface area contributed by atoms with Crippen molar-refractivity contribution in [3.8, 4) is 0 Å². The van der Waals surface area contributed by atoms with Crippen molar-refractivity contribution < 1.29 is 14.6 Å². The fraction of sp³-hybridized carbons (Fsp3) is 0.545. The molecule has 0 aromatic heterocycles. The van der Waals surface area contributed by atoms with E-state index in [9.17, 15) is 4.79 Å². The summed E-state index contributed by atoms with van der Waals surface area (Å²) in [4.78, 5) is 11.2. The molecule has 0 radical (unpaired) electrons. The largest absolute Gasteiger partial charge is 0.460 e. The van der Waals surface area contributed by atoms with Crippen LogP contribution in [0.2, 0.25) is 0 Å². The van der Waals surface area contributed by atoms with E-state index in [1.165, 1.54) is 0 Å². The Bertz CT molecular complexity index is 243. The Kier molecular flexibility index (Phi) is 4.40. The van der Waals surface area contributed by atoms with Gasteiger partial charge in [0.15, 0.2) is 0 Å². The van der Waals surface area contributed by atoms with Crippen molar-refractivity contribution in [2.24, 2.45) is 5.92 Å². The van der Waals surface area contributed by atoms with Crippen LogP contribution in [0, 0.1) is 5.92 Å². The Morgan fingerprint density at radius 1 is 1.57 bits per heavy atom. The smallest absolute Gasteiger partial charge is 0.309 e. The summed E-state index contributed by atoms with van der Waals surface area (Å²) in [6.45, 7) is 1.87. The lowest BCUT2D eigenvalue weighted by molar-refractivity contribution is -0.145. The van der Waals surface area contributed by atoms with Crippen LogP contribution in [0.3, 0.4) is 0 Å². The molecule has 1 aliphatic rings. The second kappa shape index (κ2) is 5.60.